The fourth-order valence-corrected chi connectivity index (χ4v) is 4.24. The van der Waals surface area contributed by atoms with Gasteiger partial charge in [-0.2, -0.15) is 0 Å². The summed E-state index contributed by atoms with van der Waals surface area (Å²) in [7, 11) is 0. The number of anilines is 1. The lowest BCUT2D eigenvalue weighted by Crippen LogP contribution is -2.27. The molecule has 0 spiro atoms. The molecular formula is C28H23ClN2O3. The lowest BCUT2D eigenvalue weighted by Gasteiger charge is -2.17. The van der Waals surface area contributed by atoms with E-state index in [2.05, 4.69) is 10.3 Å². The number of hydrogen-bond donors (Lipinski definition) is 3. The highest BCUT2D eigenvalue weighted by molar-refractivity contribution is 6.31. The highest BCUT2D eigenvalue weighted by Crippen LogP contribution is 2.33. The molecule has 1 atom stereocenters. The molecule has 0 saturated heterocycles. The summed E-state index contributed by atoms with van der Waals surface area (Å²) in [5, 5.41) is 16.3. The van der Waals surface area contributed by atoms with Crippen LogP contribution >= 0.6 is 11.6 Å². The zero-order valence-electron chi connectivity index (χ0n) is 18.3. The molecule has 5 aromatic rings. The van der Waals surface area contributed by atoms with Crippen LogP contribution in [0.5, 0.6) is 5.75 Å². The summed E-state index contributed by atoms with van der Waals surface area (Å²) in [6.45, 7) is 0.307. The zero-order chi connectivity index (χ0) is 23.5. The van der Waals surface area contributed by atoms with Crippen LogP contribution < -0.4 is 10.1 Å². The first kappa shape index (κ1) is 22.0. The molecule has 0 fully saturated rings. The van der Waals surface area contributed by atoms with Crippen molar-refractivity contribution in [2.24, 2.45) is 0 Å². The fourth-order valence-electron chi connectivity index (χ4n) is 4.06. The van der Waals surface area contributed by atoms with E-state index in [1.54, 1.807) is 30.3 Å². The summed E-state index contributed by atoms with van der Waals surface area (Å²) in [4.78, 5) is 16.4. The van der Waals surface area contributed by atoms with E-state index in [-0.39, 0.29) is 18.9 Å². The lowest BCUT2D eigenvalue weighted by molar-refractivity contribution is 0.103. The Bertz CT molecular complexity index is 1460. The van der Waals surface area contributed by atoms with Crippen LogP contribution in [-0.4, -0.2) is 35.1 Å². The Hall–Kier alpha value is -3.80. The Morgan fingerprint density at radius 3 is 2.56 bits per heavy atom. The summed E-state index contributed by atoms with van der Waals surface area (Å²) in [5.74, 6) is 0.572. The summed E-state index contributed by atoms with van der Waals surface area (Å²) in [5.41, 5.74) is 3.65. The maximum Gasteiger partial charge on any atom is 0.195 e. The number of H-pyrrole nitrogens is 1. The van der Waals surface area contributed by atoms with Gasteiger partial charge in [0.25, 0.3) is 0 Å². The largest absolute Gasteiger partial charge is 0.490 e. The number of nitrogens with one attached hydrogen (secondary N) is 2. The number of para-hydroxylation sites is 1. The third-order valence-corrected chi connectivity index (χ3v) is 5.95. The second kappa shape index (κ2) is 9.59. The van der Waals surface area contributed by atoms with Gasteiger partial charge in [-0.25, -0.2) is 0 Å². The molecule has 34 heavy (non-hydrogen) atoms. The van der Waals surface area contributed by atoms with E-state index in [9.17, 15) is 9.90 Å². The Morgan fingerprint density at radius 2 is 1.71 bits per heavy atom. The number of aliphatic hydroxyl groups is 1. The van der Waals surface area contributed by atoms with Gasteiger partial charge in [-0.05, 0) is 36.4 Å². The molecule has 0 bridgehead atoms. The molecule has 6 heteroatoms. The number of carbonyl (C=O) groups is 1. The highest BCUT2D eigenvalue weighted by Gasteiger charge is 2.16. The topological polar surface area (TPSA) is 74.3 Å². The van der Waals surface area contributed by atoms with Gasteiger partial charge < -0.3 is 20.1 Å². The summed E-state index contributed by atoms with van der Waals surface area (Å²) >= 11 is 6.16. The van der Waals surface area contributed by atoms with Crippen molar-refractivity contribution in [3.05, 3.63) is 107 Å². The number of hydrogen-bond acceptors (Lipinski definition) is 4. The molecule has 170 valence electrons. The lowest BCUT2D eigenvalue weighted by atomic mass is 10.0. The normalized spacial score (nSPS) is 12.1. The maximum atomic E-state index is 13.0. The molecule has 0 amide bonds. The van der Waals surface area contributed by atoms with Crippen LogP contribution in [0.1, 0.15) is 15.9 Å². The van der Waals surface area contributed by atoms with Crippen molar-refractivity contribution in [2.75, 3.05) is 18.5 Å². The molecule has 0 aliphatic carbocycles. The molecule has 5 nitrogen and oxygen atoms in total. The second-order valence-electron chi connectivity index (χ2n) is 8.08. The van der Waals surface area contributed by atoms with Crippen molar-refractivity contribution in [1.29, 1.82) is 0 Å². The van der Waals surface area contributed by atoms with Gasteiger partial charge in [0.05, 0.1) is 5.52 Å². The Labute approximate surface area is 202 Å². The first-order chi connectivity index (χ1) is 16.6. The second-order valence-corrected chi connectivity index (χ2v) is 8.52. The molecule has 1 aromatic heterocycles. The molecule has 0 saturated carbocycles. The van der Waals surface area contributed by atoms with Crippen molar-refractivity contribution in [2.45, 2.75) is 6.10 Å². The number of aliphatic hydroxyl groups excluding tert-OH is 1. The number of ketones is 1. The number of aromatic amines is 1. The van der Waals surface area contributed by atoms with Crippen molar-refractivity contribution >= 4 is 44.9 Å². The Balaban J connectivity index is 1.29. The van der Waals surface area contributed by atoms with E-state index in [1.165, 1.54) is 0 Å². The van der Waals surface area contributed by atoms with Crippen LogP contribution in [0.2, 0.25) is 5.02 Å². The maximum absolute atomic E-state index is 13.0. The third kappa shape index (κ3) is 4.49. The van der Waals surface area contributed by atoms with Gasteiger partial charge in [-0.3, -0.25) is 4.79 Å². The predicted octanol–water partition coefficient (Wildman–Crippen LogP) is 6.06. The average molecular weight is 471 g/mol. The van der Waals surface area contributed by atoms with Crippen LogP contribution in [0, 0.1) is 0 Å². The zero-order valence-corrected chi connectivity index (χ0v) is 19.0. The molecule has 0 aliphatic heterocycles. The smallest absolute Gasteiger partial charge is 0.195 e. The predicted molar refractivity (Wildman–Crippen MR) is 137 cm³/mol. The first-order valence-corrected chi connectivity index (χ1v) is 11.4. The number of rotatable bonds is 8. The molecular weight excluding hydrogens is 448 g/mol. The molecule has 1 unspecified atom stereocenters. The number of halogens is 1. The fraction of sp³-hybridized carbons (Fsp3) is 0.107. The van der Waals surface area contributed by atoms with Crippen LogP contribution in [0.3, 0.4) is 0 Å². The number of aromatic nitrogens is 1. The minimum absolute atomic E-state index is 0.0984. The van der Waals surface area contributed by atoms with Gasteiger partial charge in [-0.1, -0.05) is 66.2 Å². The van der Waals surface area contributed by atoms with Crippen molar-refractivity contribution in [1.82, 2.24) is 4.98 Å². The molecule has 5 rings (SSSR count). The Kier molecular flexibility index (Phi) is 6.21. The van der Waals surface area contributed by atoms with Crippen LogP contribution in [0.25, 0.3) is 21.8 Å². The minimum Gasteiger partial charge on any atom is -0.490 e. The van der Waals surface area contributed by atoms with E-state index < -0.39 is 6.10 Å². The standard InChI is InChI=1S/C28H23ClN2O3/c29-19-13-14-23(22(15-19)28(33)18-7-2-1-3-8-18)30-16-20(32)17-34-26-12-6-11-25-27(26)21-9-4-5-10-24(21)31-25/h1-15,20,30-32H,16-17H2. The van der Waals surface area contributed by atoms with Crippen LogP contribution in [-0.2, 0) is 0 Å². The number of fused-ring (bicyclic) bond motifs is 3. The average Bonchev–Trinajstić information content (AvgIpc) is 3.26. The van der Waals surface area contributed by atoms with Gasteiger partial charge in [0, 0.05) is 44.7 Å². The summed E-state index contributed by atoms with van der Waals surface area (Å²) in [6, 6.07) is 28.0. The number of benzene rings is 4. The van der Waals surface area contributed by atoms with E-state index in [0.717, 1.165) is 21.8 Å². The van der Waals surface area contributed by atoms with Crippen LogP contribution in [0.4, 0.5) is 5.69 Å². The van der Waals surface area contributed by atoms with E-state index >= 15 is 0 Å². The third-order valence-electron chi connectivity index (χ3n) is 5.71. The van der Waals surface area contributed by atoms with E-state index in [0.29, 0.717) is 27.6 Å². The molecule has 4 aromatic carbocycles. The SMILES string of the molecule is O=C(c1ccccc1)c1cc(Cl)ccc1NCC(O)COc1cccc2[nH]c3ccccc3c12. The Morgan fingerprint density at radius 1 is 0.941 bits per heavy atom. The minimum atomic E-state index is -0.796. The van der Waals surface area contributed by atoms with Gasteiger partial charge in [0.15, 0.2) is 5.78 Å². The molecule has 0 aliphatic rings. The summed E-state index contributed by atoms with van der Waals surface area (Å²) in [6.07, 6.45) is -0.796. The monoisotopic (exact) mass is 470 g/mol. The van der Waals surface area contributed by atoms with E-state index in [4.69, 9.17) is 16.3 Å². The quantitative estimate of drug-likeness (QED) is 0.241. The summed E-state index contributed by atoms with van der Waals surface area (Å²) < 4.78 is 6.00. The van der Waals surface area contributed by atoms with Crippen molar-refractivity contribution < 1.29 is 14.6 Å². The first-order valence-electron chi connectivity index (χ1n) is 11.0. The van der Waals surface area contributed by atoms with Gasteiger partial charge in [-0.15, -0.1) is 0 Å². The van der Waals surface area contributed by atoms with Gasteiger partial charge >= 0.3 is 0 Å². The highest BCUT2D eigenvalue weighted by atomic mass is 35.5. The van der Waals surface area contributed by atoms with Crippen molar-refractivity contribution in [3.63, 3.8) is 0 Å². The number of carbonyl (C=O) groups excluding carboxylic acids is 1. The van der Waals surface area contributed by atoms with Gasteiger partial charge in [0.1, 0.15) is 18.5 Å². The molecule has 3 N–H and O–H groups in total. The van der Waals surface area contributed by atoms with E-state index in [1.807, 2.05) is 60.7 Å². The number of ether oxygens (including phenoxy) is 1. The van der Waals surface area contributed by atoms with Gasteiger partial charge in [0.2, 0.25) is 0 Å². The molecule has 1 heterocycles. The van der Waals surface area contributed by atoms with Crippen LogP contribution in [0.15, 0.2) is 91.0 Å². The van der Waals surface area contributed by atoms with Crippen molar-refractivity contribution in [3.8, 4) is 5.75 Å². The molecule has 0 radical (unpaired) electrons.